The van der Waals surface area contributed by atoms with Crippen molar-refractivity contribution < 1.29 is 39.3 Å². The standard InChI is InChI=1S/C6H12.C4H7NO4.Zn/c1-2-4-6-5-3-1;5-2(4(8)9)1-3(6)7;/h1-6H2;2H,1,5H2,(H,6,7)(H,8,9);/q;;+2/p-2/t;2-;/m.0./s1. The van der Waals surface area contributed by atoms with Crippen LogP contribution in [0.2, 0.25) is 0 Å². The van der Waals surface area contributed by atoms with Gasteiger partial charge >= 0.3 is 19.5 Å². The predicted octanol–water partition coefficient (Wildman–Crippen LogP) is -1.46. The quantitative estimate of drug-likeness (QED) is 0.636. The molecule has 5 nitrogen and oxygen atoms in total. The van der Waals surface area contributed by atoms with Crippen LogP contribution in [0.15, 0.2) is 0 Å². The topological polar surface area (TPSA) is 106 Å². The molecule has 0 aromatic heterocycles. The molecular formula is C10H17NO4Zn. The summed E-state index contributed by atoms with van der Waals surface area (Å²) in [5.41, 5.74) is 4.73. The summed E-state index contributed by atoms with van der Waals surface area (Å²) in [5.74, 6) is -3.08. The van der Waals surface area contributed by atoms with Gasteiger partial charge in [0.2, 0.25) is 0 Å². The van der Waals surface area contributed by atoms with Crippen LogP contribution in [0.4, 0.5) is 0 Å². The van der Waals surface area contributed by atoms with Crippen LogP contribution in [0, 0.1) is 0 Å². The van der Waals surface area contributed by atoms with E-state index < -0.39 is 24.4 Å². The first-order chi connectivity index (χ1) is 7.04. The molecule has 2 N–H and O–H groups in total. The minimum Gasteiger partial charge on any atom is -0.550 e. The van der Waals surface area contributed by atoms with Gasteiger partial charge in [0, 0.05) is 18.4 Å². The number of aliphatic carboxylic acids is 2. The number of carbonyl (C=O) groups is 2. The Bertz CT molecular complexity index is 195. The number of nitrogens with two attached hydrogens (primary N) is 1. The fraction of sp³-hybridized carbons (Fsp3) is 0.800. The molecule has 1 rings (SSSR count). The Balaban J connectivity index is 0. The smallest absolute Gasteiger partial charge is 0.550 e. The number of rotatable bonds is 3. The Kier molecular flexibility index (Phi) is 12.3. The summed E-state index contributed by atoms with van der Waals surface area (Å²) >= 11 is 0. The molecule has 0 spiro atoms. The van der Waals surface area contributed by atoms with Gasteiger partial charge in [-0.15, -0.1) is 0 Å². The third kappa shape index (κ3) is 11.6. The maximum atomic E-state index is 9.71. The van der Waals surface area contributed by atoms with Crippen LogP contribution in [-0.2, 0) is 29.1 Å². The van der Waals surface area contributed by atoms with E-state index in [1.807, 2.05) is 0 Å². The summed E-state index contributed by atoms with van der Waals surface area (Å²) in [6, 6.07) is -1.46. The average molecular weight is 281 g/mol. The Hall–Kier alpha value is -0.477. The van der Waals surface area contributed by atoms with Gasteiger partial charge in [-0.05, 0) is 0 Å². The number of carboxylic acid groups (broad SMARTS) is 2. The van der Waals surface area contributed by atoms with E-state index in [2.05, 4.69) is 0 Å². The van der Waals surface area contributed by atoms with E-state index in [0.29, 0.717) is 0 Å². The fourth-order valence-corrected chi connectivity index (χ4v) is 1.32. The molecule has 0 saturated heterocycles. The molecule has 0 aromatic rings. The minimum absolute atomic E-state index is 0. The van der Waals surface area contributed by atoms with Gasteiger partial charge in [0.05, 0.1) is 5.97 Å². The number of hydrogen-bond acceptors (Lipinski definition) is 5. The first-order valence-electron chi connectivity index (χ1n) is 5.20. The molecule has 0 aromatic carbocycles. The van der Waals surface area contributed by atoms with Crippen molar-refractivity contribution in [1.29, 1.82) is 0 Å². The van der Waals surface area contributed by atoms with Crippen LogP contribution in [0.1, 0.15) is 44.9 Å². The van der Waals surface area contributed by atoms with Crippen LogP contribution in [-0.4, -0.2) is 18.0 Å². The predicted molar refractivity (Wildman–Crippen MR) is 50.3 cm³/mol. The molecule has 6 heteroatoms. The van der Waals surface area contributed by atoms with Gasteiger partial charge in [-0.2, -0.15) is 0 Å². The van der Waals surface area contributed by atoms with Crippen molar-refractivity contribution in [3.05, 3.63) is 0 Å². The molecule has 16 heavy (non-hydrogen) atoms. The van der Waals surface area contributed by atoms with E-state index in [1.165, 1.54) is 38.5 Å². The third-order valence-corrected chi connectivity index (χ3v) is 2.19. The van der Waals surface area contributed by atoms with Gasteiger partial charge < -0.3 is 25.5 Å². The van der Waals surface area contributed by atoms with Crippen molar-refractivity contribution in [2.24, 2.45) is 5.73 Å². The SMILES string of the molecule is C1CCCCC1.N[C@@H](CC(=O)[O-])C(=O)[O-].[Zn+2]. The fourth-order valence-electron chi connectivity index (χ4n) is 1.32. The second kappa shape index (κ2) is 11.0. The number of carbonyl (C=O) groups excluding carboxylic acids is 2. The van der Waals surface area contributed by atoms with Gasteiger partial charge in [-0.1, -0.05) is 38.5 Å². The van der Waals surface area contributed by atoms with Crippen LogP contribution in [0.25, 0.3) is 0 Å². The maximum Gasteiger partial charge on any atom is 2.00 e. The Morgan fingerprint density at radius 2 is 1.31 bits per heavy atom. The molecule has 0 unspecified atom stereocenters. The first-order valence-corrected chi connectivity index (χ1v) is 5.20. The van der Waals surface area contributed by atoms with Crippen molar-refractivity contribution in [3.63, 3.8) is 0 Å². The van der Waals surface area contributed by atoms with Gasteiger partial charge in [-0.25, -0.2) is 0 Å². The summed E-state index contributed by atoms with van der Waals surface area (Å²) in [6.45, 7) is 0. The van der Waals surface area contributed by atoms with Gasteiger partial charge in [0.15, 0.2) is 0 Å². The molecule has 0 aliphatic heterocycles. The van der Waals surface area contributed by atoms with Gasteiger partial charge in [0.25, 0.3) is 0 Å². The van der Waals surface area contributed by atoms with Crippen LogP contribution in [0.5, 0.6) is 0 Å². The molecule has 1 atom stereocenters. The van der Waals surface area contributed by atoms with Crippen LogP contribution >= 0.6 is 0 Å². The van der Waals surface area contributed by atoms with Crippen molar-refractivity contribution in [2.45, 2.75) is 51.0 Å². The summed E-state index contributed by atoms with van der Waals surface area (Å²) in [6.07, 6.45) is 8.29. The molecule has 1 aliphatic rings. The van der Waals surface area contributed by atoms with Gasteiger partial charge in [-0.3, -0.25) is 0 Å². The number of hydrogen-bond donors (Lipinski definition) is 1. The Morgan fingerprint density at radius 3 is 1.44 bits per heavy atom. The van der Waals surface area contributed by atoms with E-state index in [4.69, 9.17) is 5.73 Å². The monoisotopic (exact) mass is 279 g/mol. The second-order valence-electron chi connectivity index (χ2n) is 3.62. The summed E-state index contributed by atoms with van der Waals surface area (Å²) in [5, 5.41) is 19.3. The molecule has 1 saturated carbocycles. The molecule has 0 amide bonds. The molecular weight excluding hydrogens is 264 g/mol. The molecule has 0 radical (unpaired) electrons. The molecule has 0 bridgehead atoms. The van der Waals surface area contributed by atoms with Crippen molar-refractivity contribution in [2.75, 3.05) is 0 Å². The minimum atomic E-state index is -1.58. The average Bonchev–Trinajstić information content (AvgIpc) is 2.20. The van der Waals surface area contributed by atoms with Crippen LogP contribution in [0.3, 0.4) is 0 Å². The largest absolute Gasteiger partial charge is 2.00 e. The molecule has 0 heterocycles. The maximum absolute atomic E-state index is 9.71. The summed E-state index contributed by atoms with van der Waals surface area (Å²) in [7, 11) is 0. The van der Waals surface area contributed by atoms with Crippen molar-refractivity contribution in [1.82, 2.24) is 0 Å². The van der Waals surface area contributed by atoms with E-state index in [9.17, 15) is 19.8 Å². The third-order valence-electron chi connectivity index (χ3n) is 2.19. The molecule has 1 aliphatic carbocycles. The zero-order chi connectivity index (χ0) is 11.7. The molecule has 88 valence electrons. The Labute approximate surface area is 108 Å². The van der Waals surface area contributed by atoms with E-state index in [0.717, 1.165) is 0 Å². The van der Waals surface area contributed by atoms with E-state index in [1.54, 1.807) is 0 Å². The summed E-state index contributed by atoms with van der Waals surface area (Å²) in [4.78, 5) is 19.3. The molecule has 1 fully saturated rings. The first kappa shape index (κ1) is 17.9. The van der Waals surface area contributed by atoms with E-state index >= 15 is 0 Å². The van der Waals surface area contributed by atoms with Gasteiger partial charge in [0.1, 0.15) is 0 Å². The normalized spacial score (nSPS) is 16.1. The number of carboxylic acids is 2. The Morgan fingerprint density at radius 1 is 1.00 bits per heavy atom. The van der Waals surface area contributed by atoms with Crippen LogP contribution < -0.4 is 15.9 Å². The second-order valence-corrected chi connectivity index (χ2v) is 3.62. The summed E-state index contributed by atoms with van der Waals surface area (Å²) < 4.78 is 0. The van der Waals surface area contributed by atoms with E-state index in [-0.39, 0.29) is 19.5 Å². The zero-order valence-corrected chi connectivity index (χ0v) is 12.4. The van der Waals surface area contributed by atoms with Crippen molar-refractivity contribution in [3.8, 4) is 0 Å². The van der Waals surface area contributed by atoms with Crippen molar-refractivity contribution >= 4 is 11.9 Å². The zero-order valence-electron chi connectivity index (χ0n) is 9.44.